The first-order chi connectivity index (χ1) is 11.4. The van der Waals surface area contributed by atoms with Crippen molar-refractivity contribution in [3.8, 4) is 0 Å². The lowest BCUT2D eigenvalue weighted by molar-refractivity contribution is 0.271. The van der Waals surface area contributed by atoms with E-state index in [1.54, 1.807) is 16.9 Å². The van der Waals surface area contributed by atoms with Gasteiger partial charge in [0.1, 0.15) is 4.90 Å². The Labute approximate surface area is 159 Å². The number of aromatic nitrogens is 2. The van der Waals surface area contributed by atoms with Crippen LogP contribution in [0.4, 0.5) is 0 Å². The summed E-state index contributed by atoms with van der Waals surface area (Å²) in [5.74, 6) is 0. The molecule has 1 N–H and O–H groups in total. The zero-order chi connectivity index (χ0) is 17.3. The Kier molecular flexibility index (Phi) is 6.51. The quantitative estimate of drug-likeness (QED) is 0.850. The number of nitrogens with zero attached hydrogens (tertiary/aromatic N) is 3. The second-order valence-corrected chi connectivity index (χ2v) is 8.40. The molecule has 1 atom stereocenters. The largest absolute Gasteiger partial charge is 0.313 e. The highest BCUT2D eigenvalue weighted by Crippen LogP contribution is 2.32. The highest BCUT2D eigenvalue weighted by Gasteiger charge is 2.36. The summed E-state index contributed by atoms with van der Waals surface area (Å²) in [6.45, 7) is 5.45. The Morgan fingerprint density at radius 3 is 2.68 bits per heavy atom. The molecule has 1 aliphatic heterocycles. The third kappa shape index (κ3) is 4.01. The summed E-state index contributed by atoms with van der Waals surface area (Å²) in [5.41, 5.74) is 0.811. The van der Waals surface area contributed by atoms with Crippen molar-refractivity contribution < 1.29 is 8.42 Å². The van der Waals surface area contributed by atoms with Crippen molar-refractivity contribution in [2.24, 2.45) is 0 Å². The van der Waals surface area contributed by atoms with Gasteiger partial charge in [0.05, 0.1) is 12.2 Å². The minimum Gasteiger partial charge on any atom is -0.313 e. The molecular formula is C16H22Cl2N4O2S. The Balaban J connectivity index is 0.00000225. The van der Waals surface area contributed by atoms with Crippen LogP contribution in [-0.4, -0.2) is 42.1 Å². The average molecular weight is 405 g/mol. The summed E-state index contributed by atoms with van der Waals surface area (Å²) < 4.78 is 29.4. The minimum absolute atomic E-state index is 0. The van der Waals surface area contributed by atoms with Crippen LogP contribution < -0.4 is 5.32 Å². The van der Waals surface area contributed by atoms with E-state index in [0.29, 0.717) is 24.7 Å². The SMILES string of the molecule is CC(C)n1cc(S(=O)(=O)N2CCNCC2c2ccccc2Cl)cn1.Cl. The van der Waals surface area contributed by atoms with Crippen molar-refractivity contribution in [3.63, 3.8) is 0 Å². The topological polar surface area (TPSA) is 67.2 Å². The predicted octanol–water partition coefficient (Wildman–Crippen LogP) is 2.87. The third-order valence-electron chi connectivity index (χ3n) is 4.17. The van der Waals surface area contributed by atoms with Crippen LogP contribution in [0.25, 0.3) is 0 Å². The maximum Gasteiger partial charge on any atom is 0.246 e. The van der Waals surface area contributed by atoms with Crippen molar-refractivity contribution in [2.75, 3.05) is 19.6 Å². The summed E-state index contributed by atoms with van der Waals surface area (Å²) >= 11 is 6.30. The lowest BCUT2D eigenvalue weighted by Crippen LogP contribution is -2.48. The van der Waals surface area contributed by atoms with E-state index in [2.05, 4.69) is 10.4 Å². The first-order valence-electron chi connectivity index (χ1n) is 7.92. The van der Waals surface area contributed by atoms with E-state index < -0.39 is 10.0 Å². The van der Waals surface area contributed by atoms with Crippen LogP contribution in [0.1, 0.15) is 31.5 Å². The van der Waals surface area contributed by atoms with E-state index in [-0.39, 0.29) is 29.4 Å². The smallest absolute Gasteiger partial charge is 0.246 e. The van der Waals surface area contributed by atoms with Crippen LogP contribution in [0, 0.1) is 0 Å². The molecule has 9 heteroatoms. The Morgan fingerprint density at radius 2 is 2.04 bits per heavy atom. The molecule has 1 unspecified atom stereocenters. The second-order valence-electron chi connectivity index (χ2n) is 6.11. The Bertz CT molecular complexity index is 823. The maximum absolute atomic E-state index is 13.1. The van der Waals surface area contributed by atoms with Crippen LogP contribution in [0.5, 0.6) is 0 Å². The van der Waals surface area contributed by atoms with Crippen molar-refractivity contribution in [1.29, 1.82) is 0 Å². The van der Waals surface area contributed by atoms with Crippen molar-refractivity contribution >= 4 is 34.0 Å². The molecule has 0 radical (unpaired) electrons. The van der Waals surface area contributed by atoms with Crippen molar-refractivity contribution in [3.05, 3.63) is 47.2 Å². The number of hydrogen-bond acceptors (Lipinski definition) is 4. The van der Waals surface area contributed by atoms with Gasteiger partial charge in [-0.3, -0.25) is 4.68 Å². The molecule has 0 bridgehead atoms. The molecule has 0 saturated carbocycles. The zero-order valence-corrected chi connectivity index (χ0v) is 16.5. The summed E-state index contributed by atoms with van der Waals surface area (Å²) in [4.78, 5) is 0.218. The van der Waals surface area contributed by atoms with E-state index in [1.165, 1.54) is 10.5 Å². The molecule has 138 valence electrons. The lowest BCUT2D eigenvalue weighted by atomic mass is 10.1. The standard InChI is InChI=1S/C16H21ClN4O2S.ClH/c1-12(2)20-11-13(9-19-20)24(22,23)21-8-7-18-10-16(21)14-5-3-4-6-15(14)17;/h3-6,9,11-12,16,18H,7-8,10H2,1-2H3;1H. The minimum atomic E-state index is -3.64. The molecule has 25 heavy (non-hydrogen) atoms. The van der Waals surface area contributed by atoms with E-state index in [1.807, 2.05) is 32.0 Å². The molecule has 6 nitrogen and oxygen atoms in total. The van der Waals surface area contributed by atoms with Gasteiger partial charge in [-0.25, -0.2) is 8.42 Å². The normalized spacial score (nSPS) is 19.0. The first-order valence-corrected chi connectivity index (χ1v) is 9.74. The average Bonchev–Trinajstić information content (AvgIpc) is 3.06. The van der Waals surface area contributed by atoms with Gasteiger partial charge < -0.3 is 5.32 Å². The third-order valence-corrected chi connectivity index (χ3v) is 6.38. The molecule has 1 aliphatic rings. The molecule has 2 aromatic rings. The fourth-order valence-electron chi connectivity index (χ4n) is 2.86. The van der Waals surface area contributed by atoms with E-state index >= 15 is 0 Å². The molecule has 2 heterocycles. The second kappa shape index (κ2) is 8.05. The molecule has 1 fully saturated rings. The Morgan fingerprint density at radius 1 is 1.32 bits per heavy atom. The van der Waals surface area contributed by atoms with Gasteiger partial charge in [0.25, 0.3) is 0 Å². The van der Waals surface area contributed by atoms with Gasteiger partial charge in [-0.05, 0) is 25.5 Å². The molecule has 0 spiro atoms. The molecule has 1 aromatic heterocycles. The number of rotatable bonds is 4. The predicted molar refractivity (Wildman–Crippen MR) is 101 cm³/mol. The van der Waals surface area contributed by atoms with Crippen LogP contribution in [0.3, 0.4) is 0 Å². The maximum atomic E-state index is 13.1. The zero-order valence-electron chi connectivity index (χ0n) is 14.1. The van der Waals surface area contributed by atoms with Crippen LogP contribution in [0.2, 0.25) is 5.02 Å². The number of hydrogen-bond donors (Lipinski definition) is 1. The number of benzene rings is 1. The van der Waals surface area contributed by atoms with Crippen molar-refractivity contribution in [1.82, 2.24) is 19.4 Å². The molecule has 0 amide bonds. The van der Waals surface area contributed by atoms with Gasteiger partial charge >= 0.3 is 0 Å². The van der Waals surface area contributed by atoms with Gasteiger partial charge in [-0.1, -0.05) is 29.8 Å². The van der Waals surface area contributed by atoms with Crippen LogP contribution >= 0.6 is 24.0 Å². The summed E-state index contributed by atoms with van der Waals surface area (Å²) in [5, 5.41) is 7.99. The molecule has 1 saturated heterocycles. The van der Waals surface area contributed by atoms with E-state index in [0.717, 1.165) is 5.56 Å². The molecule has 1 aromatic carbocycles. The van der Waals surface area contributed by atoms with Gasteiger partial charge in [-0.15, -0.1) is 12.4 Å². The molecule has 3 rings (SSSR count). The number of halogens is 2. The monoisotopic (exact) mass is 404 g/mol. The first kappa shape index (κ1) is 20.2. The number of nitrogens with one attached hydrogen (secondary N) is 1. The van der Waals surface area contributed by atoms with Gasteiger partial charge in [0, 0.05) is 36.9 Å². The van der Waals surface area contributed by atoms with Crippen LogP contribution in [-0.2, 0) is 10.0 Å². The van der Waals surface area contributed by atoms with Crippen LogP contribution in [0.15, 0.2) is 41.6 Å². The fraction of sp³-hybridized carbons (Fsp3) is 0.438. The lowest BCUT2D eigenvalue weighted by Gasteiger charge is -2.35. The Hall–Kier alpha value is -1.12. The highest BCUT2D eigenvalue weighted by molar-refractivity contribution is 7.89. The van der Waals surface area contributed by atoms with Gasteiger partial charge in [0.15, 0.2) is 0 Å². The van der Waals surface area contributed by atoms with Crippen molar-refractivity contribution in [2.45, 2.75) is 30.8 Å². The summed E-state index contributed by atoms with van der Waals surface area (Å²) in [7, 11) is -3.64. The summed E-state index contributed by atoms with van der Waals surface area (Å²) in [6, 6.07) is 7.15. The highest BCUT2D eigenvalue weighted by atomic mass is 35.5. The van der Waals surface area contributed by atoms with E-state index in [9.17, 15) is 8.42 Å². The van der Waals surface area contributed by atoms with E-state index in [4.69, 9.17) is 11.6 Å². The molecule has 0 aliphatic carbocycles. The molecular weight excluding hydrogens is 383 g/mol. The fourth-order valence-corrected chi connectivity index (χ4v) is 4.66. The van der Waals surface area contributed by atoms with Gasteiger partial charge in [0.2, 0.25) is 10.0 Å². The van der Waals surface area contributed by atoms with Gasteiger partial charge in [-0.2, -0.15) is 9.40 Å². The number of sulfonamides is 1. The number of piperazine rings is 1. The summed E-state index contributed by atoms with van der Waals surface area (Å²) in [6.07, 6.45) is 3.01.